The van der Waals surface area contributed by atoms with Gasteiger partial charge in [0.15, 0.2) is 9.84 Å². The highest BCUT2D eigenvalue weighted by Gasteiger charge is 2.61. The van der Waals surface area contributed by atoms with Gasteiger partial charge in [-0.2, -0.15) is 0 Å². The maximum Gasteiger partial charge on any atom is 0.226 e. The van der Waals surface area contributed by atoms with E-state index >= 15 is 4.39 Å². The number of likely N-dealkylation sites (tertiary alicyclic amines) is 1. The maximum absolute atomic E-state index is 15.1. The normalized spacial score (nSPS) is 28.2. The zero-order valence-corrected chi connectivity index (χ0v) is 21.3. The van der Waals surface area contributed by atoms with Crippen LogP contribution >= 0.6 is 0 Å². The number of carbonyl (C=O) groups excluding carboxylic acids is 1. The van der Waals surface area contributed by atoms with Gasteiger partial charge in [0.2, 0.25) is 5.91 Å². The second-order valence-electron chi connectivity index (χ2n) is 11.3. The smallest absolute Gasteiger partial charge is 0.226 e. The van der Waals surface area contributed by atoms with Crippen LogP contribution in [0, 0.1) is 17.2 Å². The summed E-state index contributed by atoms with van der Waals surface area (Å²) in [5, 5.41) is 7.12. The quantitative estimate of drug-likeness (QED) is 0.616. The zero-order valence-electron chi connectivity index (χ0n) is 20.5. The molecule has 2 heterocycles. The molecule has 0 unspecified atom stereocenters. The number of hydrogen-bond acceptors (Lipinski definition) is 6. The molecule has 190 valence electrons. The van der Waals surface area contributed by atoms with E-state index in [1.54, 1.807) is 43.3 Å². The molecule has 7 rings (SSSR count). The highest BCUT2D eigenvalue weighted by atomic mass is 32.2. The molecule has 2 aliphatic heterocycles. The third kappa shape index (κ3) is 3.66. The van der Waals surface area contributed by atoms with Crippen LogP contribution in [0.4, 0.5) is 4.39 Å². The van der Waals surface area contributed by atoms with Crippen molar-refractivity contribution in [2.24, 2.45) is 16.5 Å². The number of nitrogens with one attached hydrogen (secondary N) is 1. The predicted molar refractivity (Wildman–Crippen MR) is 134 cm³/mol. The second-order valence-corrected chi connectivity index (χ2v) is 13.7. The molecule has 2 aromatic rings. The number of rotatable bonds is 7. The van der Waals surface area contributed by atoms with Crippen molar-refractivity contribution in [2.45, 2.75) is 48.4 Å². The van der Waals surface area contributed by atoms with Crippen molar-refractivity contribution in [3.05, 3.63) is 53.8 Å². The topological polar surface area (TPSA) is 88.1 Å². The Hall–Kier alpha value is -2.78. The lowest BCUT2D eigenvalue weighted by Crippen LogP contribution is -2.62. The Labute approximate surface area is 210 Å². The van der Waals surface area contributed by atoms with Gasteiger partial charge in [0.25, 0.3) is 0 Å². The van der Waals surface area contributed by atoms with Crippen LogP contribution in [0.2, 0.25) is 0 Å². The van der Waals surface area contributed by atoms with Crippen LogP contribution in [0.15, 0.2) is 52.5 Å². The average Bonchev–Trinajstić information content (AvgIpc) is 3.24. The Balaban J connectivity index is 1.10. The number of benzene rings is 2. The Morgan fingerprint density at radius 2 is 1.81 bits per heavy atom. The summed E-state index contributed by atoms with van der Waals surface area (Å²) in [5.74, 6) is 0.444. The molecule has 3 saturated carbocycles. The van der Waals surface area contributed by atoms with E-state index in [0.717, 1.165) is 25.2 Å². The molecule has 2 aromatic carbocycles. The molecule has 9 heteroatoms. The third-order valence-corrected chi connectivity index (χ3v) is 10.8. The summed E-state index contributed by atoms with van der Waals surface area (Å²) in [4.78, 5) is 20.1. The molecular formula is C27H30FN3O4S. The van der Waals surface area contributed by atoms with E-state index in [-0.39, 0.29) is 22.3 Å². The van der Waals surface area contributed by atoms with Crippen molar-refractivity contribution in [1.82, 2.24) is 10.2 Å². The Bertz CT molecular complexity index is 1350. The number of carbonyl (C=O) groups is 1. The van der Waals surface area contributed by atoms with E-state index in [2.05, 4.69) is 10.5 Å². The zero-order chi connectivity index (χ0) is 25.3. The minimum absolute atomic E-state index is 0.116. The maximum atomic E-state index is 15.1. The monoisotopic (exact) mass is 511 g/mol. The van der Waals surface area contributed by atoms with Crippen LogP contribution in [0.5, 0.6) is 0 Å². The Morgan fingerprint density at radius 3 is 2.39 bits per heavy atom. The van der Waals surface area contributed by atoms with Gasteiger partial charge in [-0.1, -0.05) is 29.4 Å². The fraction of sp³-hybridized carbons (Fsp3) is 0.481. The molecular weight excluding hydrogens is 481 g/mol. The van der Waals surface area contributed by atoms with Crippen LogP contribution in [0.25, 0.3) is 11.1 Å². The lowest BCUT2D eigenvalue weighted by Gasteiger charge is -2.60. The second kappa shape index (κ2) is 8.11. The first-order valence-electron chi connectivity index (χ1n) is 12.4. The molecule has 36 heavy (non-hydrogen) atoms. The molecule has 0 spiro atoms. The highest BCUT2D eigenvalue weighted by Crippen LogP contribution is 2.64. The van der Waals surface area contributed by atoms with Crippen LogP contribution in [0.1, 0.15) is 38.2 Å². The number of hydrogen-bond donors (Lipinski definition) is 1. The number of nitrogens with zero attached hydrogens (tertiary/aromatic N) is 2. The molecule has 0 radical (unpaired) electrons. The van der Waals surface area contributed by atoms with Crippen LogP contribution in [-0.4, -0.2) is 62.5 Å². The van der Waals surface area contributed by atoms with Gasteiger partial charge in [-0.3, -0.25) is 4.79 Å². The summed E-state index contributed by atoms with van der Waals surface area (Å²) < 4.78 is 40.3. The fourth-order valence-corrected chi connectivity index (χ4v) is 8.00. The molecule has 1 amide bonds. The molecule has 7 nitrogen and oxygen atoms in total. The van der Waals surface area contributed by atoms with Gasteiger partial charge in [-0.05, 0) is 62.9 Å². The van der Waals surface area contributed by atoms with Gasteiger partial charge >= 0.3 is 0 Å². The molecule has 2 bridgehead atoms. The van der Waals surface area contributed by atoms with Crippen molar-refractivity contribution in [3.8, 4) is 11.1 Å². The first-order chi connectivity index (χ1) is 17.1. The van der Waals surface area contributed by atoms with Crippen LogP contribution in [0.3, 0.4) is 0 Å². The number of oxime groups is 1. The minimum Gasteiger partial charge on any atom is -0.390 e. The SMILES string of the molecule is CN1CC(C)(S(=O)(=O)c2ccc(-c3ccc(C4=NO[C@@H](CNC(=O)C56CC(C5)C6)C4)cc3F)cc2)C1. The fourth-order valence-electron chi connectivity index (χ4n) is 6.15. The number of amides is 1. The summed E-state index contributed by atoms with van der Waals surface area (Å²) in [7, 11) is -1.58. The van der Waals surface area contributed by atoms with E-state index in [9.17, 15) is 13.2 Å². The van der Waals surface area contributed by atoms with Crippen LogP contribution < -0.4 is 5.32 Å². The van der Waals surface area contributed by atoms with Crippen molar-refractivity contribution in [1.29, 1.82) is 0 Å². The minimum atomic E-state index is -3.47. The van der Waals surface area contributed by atoms with Crippen molar-refractivity contribution in [2.75, 3.05) is 26.7 Å². The summed E-state index contributed by atoms with van der Waals surface area (Å²) >= 11 is 0. The van der Waals surface area contributed by atoms with Crippen molar-refractivity contribution >= 4 is 21.5 Å². The van der Waals surface area contributed by atoms with Gasteiger partial charge in [0.05, 0.1) is 21.9 Å². The number of sulfone groups is 1. The summed E-state index contributed by atoms with van der Waals surface area (Å²) in [5.41, 5.74) is 2.14. The predicted octanol–water partition coefficient (Wildman–Crippen LogP) is 3.38. The summed E-state index contributed by atoms with van der Waals surface area (Å²) in [6, 6.07) is 11.3. The third-order valence-electron chi connectivity index (χ3n) is 8.38. The molecule has 3 aliphatic carbocycles. The largest absolute Gasteiger partial charge is 0.390 e. The van der Waals surface area contributed by atoms with Gasteiger partial charge in [0, 0.05) is 36.1 Å². The van der Waals surface area contributed by atoms with Gasteiger partial charge < -0.3 is 15.1 Å². The summed E-state index contributed by atoms with van der Waals surface area (Å²) in [6.45, 7) is 3.15. The lowest BCUT2D eigenvalue weighted by molar-refractivity contribution is -0.165. The van der Waals surface area contributed by atoms with Gasteiger partial charge in [0.1, 0.15) is 11.9 Å². The standard InChI is InChI=1S/C27H30FN3O4S/c1-26(15-31(2)16-26)36(33,34)21-6-3-18(4-7-21)22-8-5-19(9-23(22)28)24-10-20(35-30-24)14-29-25(32)27-11-17(12-27)13-27/h3-9,17,20H,10-16H2,1-2H3,(H,29,32)/t17?,20-,27?/m1/s1. The Kier molecular flexibility index (Phi) is 5.32. The molecule has 1 saturated heterocycles. The first-order valence-corrected chi connectivity index (χ1v) is 13.9. The van der Waals surface area contributed by atoms with Crippen molar-refractivity contribution in [3.63, 3.8) is 0 Å². The number of halogens is 1. The van der Waals surface area contributed by atoms with Crippen molar-refractivity contribution < 1.29 is 22.4 Å². The summed E-state index contributed by atoms with van der Waals surface area (Å²) in [6.07, 6.45) is 3.26. The first kappa shape index (κ1) is 23.6. The highest BCUT2D eigenvalue weighted by molar-refractivity contribution is 7.93. The van der Waals surface area contributed by atoms with Gasteiger partial charge in [-0.15, -0.1) is 0 Å². The van der Waals surface area contributed by atoms with E-state index in [0.29, 0.717) is 48.5 Å². The van der Waals surface area contributed by atoms with E-state index in [1.807, 2.05) is 11.9 Å². The molecule has 0 aromatic heterocycles. The van der Waals surface area contributed by atoms with E-state index < -0.39 is 20.4 Å². The Morgan fingerprint density at radius 1 is 1.14 bits per heavy atom. The van der Waals surface area contributed by atoms with Gasteiger partial charge in [-0.25, -0.2) is 12.8 Å². The average molecular weight is 512 g/mol. The van der Waals surface area contributed by atoms with E-state index in [4.69, 9.17) is 4.84 Å². The molecule has 1 atom stereocenters. The lowest BCUT2D eigenvalue weighted by atomic mass is 9.44. The van der Waals surface area contributed by atoms with Crippen LogP contribution in [-0.2, 0) is 19.5 Å². The molecule has 5 aliphatic rings. The molecule has 4 fully saturated rings. The molecule has 1 N–H and O–H groups in total. The van der Waals surface area contributed by atoms with E-state index in [1.165, 1.54) is 6.07 Å².